The number of fused-ring (bicyclic) bond motifs is 1. The van der Waals surface area contributed by atoms with Crippen molar-refractivity contribution in [1.29, 1.82) is 0 Å². The minimum absolute atomic E-state index is 0.0155. The Balaban J connectivity index is 1.36. The van der Waals surface area contributed by atoms with Crippen LogP contribution in [0.1, 0.15) is 25.7 Å². The second-order valence-electron chi connectivity index (χ2n) is 7.05. The third-order valence-corrected chi connectivity index (χ3v) is 5.00. The van der Waals surface area contributed by atoms with E-state index in [1.54, 1.807) is 24.3 Å². The van der Waals surface area contributed by atoms with E-state index in [0.717, 1.165) is 39.3 Å². The number of benzene rings is 1. The van der Waals surface area contributed by atoms with E-state index in [1.807, 2.05) is 0 Å². The van der Waals surface area contributed by atoms with Gasteiger partial charge >= 0.3 is 5.69 Å². The molecular weight excluding hydrogens is 360 g/mol. The minimum atomic E-state index is -0.406. The highest BCUT2D eigenvalue weighted by Crippen LogP contribution is 2.04. The average Bonchev–Trinajstić information content (AvgIpc) is 2.71. The Morgan fingerprint density at radius 3 is 2.68 bits per heavy atom. The summed E-state index contributed by atoms with van der Waals surface area (Å²) in [6.07, 6.45) is 2.56. The molecule has 2 aromatic rings. The number of nitrogens with one attached hydrogen (secondary N) is 2. The van der Waals surface area contributed by atoms with Crippen LogP contribution in [0.15, 0.2) is 33.9 Å². The monoisotopic (exact) mass is 388 g/mol. The Morgan fingerprint density at radius 2 is 1.86 bits per heavy atom. The lowest BCUT2D eigenvalue weighted by molar-refractivity contribution is -0.121. The van der Waals surface area contributed by atoms with Crippen molar-refractivity contribution < 1.29 is 9.53 Å². The molecule has 0 bridgehead atoms. The van der Waals surface area contributed by atoms with Crippen LogP contribution >= 0.6 is 0 Å². The van der Waals surface area contributed by atoms with Crippen LogP contribution in [0.25, 0.3) is 10.9 Å². The molecule has 8 heteroatoms. The number of rotatable bonds is 9. The largest absolute Gasteiger partial charge is 0.379 e. The summed E-state index contributed by atoms with van der Waals surface area (Å²) in [7, 11) is 0. The average molecular weight is 388 g/mol. The minimum Gasteiger partial charge on any atom is -0.379 e. The van der Waals surface area contributed by atoms with E-state index in [-0.39, 0.29) is 11.5 Å². The predicted octanol–water partition coefficient (Wildman–Crippen LogP) is 0.699. The Morgan fingerprint density at radius 1 is 1.07 bits per heavy atom. The molecule has 0 saturated carbocycles. The van der Waals surface area contributed by atoms with Gasteiger partial charge in [-0.05, 0) is 37.9 Å². The van der Waals surface area contributed by atoms with Crippen LogP contribution in [0.4, 0.5) is 0 Å². The molecule has 1 saturated heterocycles. The van der Waals surface area contributed by atoms with Crippen molar-refractivity contribution in [3.05, 3.63) is 45.1 Å². The number of ether oxygens (including phenoxy) is 1. The van der Waals surface area contributed by atoms with Gasteiger partial charge in [0.25, 0.3) is 5.56 Å². The van der Waals surface area contributed by atoms with Gasteiger partial charge in [0.15, 0.2) is 0 Å². The van der Waals surface area contributed by atoms with Crippen LogP contribution < -0.4 is 16.6 Å². The van der Waals surface area contributed by atoms with Crippen LogP contribution in [0.2, 0.25) is 0 Å². The second kappa shape index (κ2) is 10.2. The quantitative estimate of drug-likeness (QED) is 0.617. The normalized spacial score (nSPS) is 15.0. The first-order chi connectivity index (χ1) is 13.6. The fourth-order valence-electron chi connectivity index (χ4n) is 3.40. The topological polar surface area (TPSA) is 96.4 Å². The molecule has 1 aliphatic heterocycles. The van der Waals surface area contributed by atoms with Crippen molar-refractivity contribution in [2.75, 3.05) is 39.4 Å². The first kappa shape index (κ1) is 20.3. The highest BCUT2D eigenvalue weighted by atomic mass is 16.5. The van der Waals surface area contributed by atoms with Gasteiger partial charge in [-0.2, -0.15) is 0 Å². The highest BCUT2D eigenvalue weighted by Gasteiger charge is 2.10. The lowest BCUT2D eigenvalue weighted by Crippen LogP contribution is -2.38. The van der Waals surface area contributed by atoms with Gasteiger partial charge in [0.1, 0.15) is 0 Å². The van der Waals surface area contributed by atoms with Gasteiger partial charge in [0, 0.05) is 32.6 Å². The molecule has 28 heavy (non-hydrogen) atoms. The summed E-state index contributed by atoms with van der Waals surface area (Å²) in [5.74, 6) is 0.0155. The Hall–Kier alpha value is -2.45. The number of para-hydroxylation sites is 1. The Labute approximate surface area is 163 Å². The number of carbonyl (C=O) groups excluding carboxylic acids is 1. The number of nitrogens with zero attached hydrogens (tertiary/aromatic N) is 2. The van der Waals surface area contributed by atoms with Gasteiger partial charge in [0.05, 0.1) is 24.1 Å². The van der Waals surface area contributed by atoms with Crippen LogP contribution in [0.5, 0.6) is 0 Å². The van der Waals surface area contributed by atoms with Gasteiger partial charge in [-0.15, -0.1) is 0 Å². The van der Waals surface area contributed by atoms with Crippen LogP contribution in [-0.2, 0) is 16.1 Å². The van der Waals surface area contributed by atoms with Crippen molar-refractivity contribution in [3.63, 3.8) is 0 Å². The molecule has 0 aliphatic carbocycles. The first-order valence-corrected chi connectivity index (χ1v) is 9.94. The highest BCUT2D eigenvalue weighted by molar-refractivity contribution is 5.77. The molecular formula is C20H28N4O4. The summed E-state index contributed by atoms with van der Waals surface area (Å²) in [6.45, 7) is 5.44. The van der Waals surface area contributed by atoms with E-state index in [2.05, 4.69) is 15.2 Å². The number of unbranched alkanes of at least 4 members (excludes halogenated alkanes) is 1. The van der Waals surface area contributed by atoms with E-state index in [1.165, 1.54) is 4.57 Å². The second-order valence-corrected chi connectivity index (χ2v) is 7.05. The molecule has 152 valence electrons. The molecule has 2 N–H and O–H groups in total. The third-order valence-electron chi connectivity index (χ3n) is 5.00. The zero-order chi connectivity index (χ0) is 19.8. The maximum absolute atomic E-state index is 12.4. The maximum Gasteiger partial charge on any atom is 0.328 e. The van der Waals surface area contributed by atoms with Gasteiger partial charge < -0.3 is 15.0 Å². The number of morpholine rings is 1. The summed E-state index contributed by atoms with van der Waals surface area (Å²) in [6, 6.07) is 6.97. The van der Waals surface area contributed by atoms with Crippen molar-refractivity contribution in [3.8, 4) is 0 Å². The predicted molar refractivity (Wildman–Crippen MR) is 108 cm³/mol. The number of hydrogen-bond acceptors (Lipinski definition) is 5. The molecule has 1 aliphatic rings. The smallest absolute Gasteiger partial charge is 0.328 e. The standard InChI is InChI=1S/C20H28N4O4/c25-18(21-9-5-10-23-12-14-28-15-13-23)8-3-4-11-24-19(26)16-6-1-2-7-17(16)22-20(24)27/h1-2,6-7H,3-5,8-15H2,(H,21,25)(H,22,27). The zero-order valence-electron chi connectivity index (χ0n) is 16.1. The van der Waals surface area contributed by atoms with E-state index >= 15 is 0 Å². The number of hydrogen-bond donors (Lipinski definition) is 2. The van der Waals surface area contributed by atoms with E-state index in [9.17, 15) is 14.4 Å². The first-order valence-electron chi connectivity index (χ1n) is 9.94. The fourth-order valence-corrected chi connectivity index (χ4v) is 3.40. The molecule has 1 fully saturated rings. The lowest BCUT2D eigenvalue weighted by atomic mass is 10.2. The van der Waals surface area contributed by atoms with Crippen LogP contribution in [-0.4, -0.2) is 59.8 Å². The summed E-state index contributed by atoms with van der Waals surface area (Å²) in [4.78, 5) is 41.5. The van der Waals surface area contributed by atoms with Crippen molar-refractivity contribution in [2.24, 2.45) is 0 Å². The number of aromatic nitrogens is 2. The van der Waals surface area contributed by atoms with E-state index in [4.69, 9.17) is 4.74 Å². The third kappa shape index (κ3) is 5.53. The molecule has 0 spiro atoms. The molecule has 1 aromatic heterocycles. The molecule has 1 amide bonds. The Bertz CT molecular complexity index is 899. The molecule has 8 nitrogen and oxygen atoms in total. The lowest BCUT2D eigenvalue weighted by Gasteiger charge is -2.26. The molecule has 0 unspecified atom stereocenters. The molecule has 1 aromatic carbocycles. The van der Waals surface area contributed by atoms with Crippen LogP contribution in [0.3, 0.4) is 0 Å². The summed E-state index contributed by atoms with van der Waals surface area (Å²) >= 11 is 0. The summed E-state index contributed by atoms with van der Waals surface area (Å²) in [5.41, 5.74) is -0.145. The van der Waals surface area contributed by atoms with Gasteiger partial charge in [-0.25, -0.2) is 4.79 Å². The molecule has 2 heterocycles. The van der Waals surface area contributed by atoms with Crippen molar-refractivity contribution >= 4 is 16.8 Å². The van der Waals surface area contributed by atoms with E-state index in [0.29, 0.717) is 43.3 Å². The summed E-state index contributed by atoms with van der Waals surface area (Å²) in [5, 5.41) is 3.43. The fraction of sp³-hybridized carbons (Fsp3) is 0.550. The maximum atomic E-state index is 12.4. The molecule has 0 atom stereocenters. The summed E-state index contributed by atoms with van der Waals surface area (Å²) < 4.78 is 6.52. The van der Waals surface area contributed by atoms with Crippen molar-refractivity contribution in [2.45, 2.75) is 32.2 Å². The van der Waals surface area contributed by atoms with Gasteiger partial charge in [-0.3, -0.25) is 19.1 Å². The van der Waals surface area contributed by atoms with Crippen LogP contribution in [0, 0.1) is 0 Å². The van der Waals surface area contributed by atoms with Gasteiger partial charge in [-0.1, -0.05) is 12.1 Å². The number of carbonyl (C=O) groups is 1. The SMILES string of the molecule is O=C(CCCCn1c(=O)[nH]c2ccccc2c1=O)NCCCN1CCOCC1. The Kier molecular flexibility index (Phi) is 7.39. The molecule has 3 rings (SSSR count). The number of H-pyrrole nitrogens is 1. The zero-order valence-corrected chi connectivity index (χ0v) is 16.1. The van der Waals surface area contributed by atoms with Gasteiger partial charge in [0.2, 0.25) is 5.91 Å². The van der Waals surface area contributed by atoms with E-state index < -0.39 is 5.69 Å². The molecule has 0 radical (unpaired) electrons. The van der Waals surface area contributed by atoms with Crippen molar-refractivity contribution in [1.82, 2.24) is 19.8 Å². The number of amides is 1. The number of aromatic amines is 1.